The summed E-state index contributed by atoms with van der Waals surface area (Å²) < 4.78 is 5.68. The molecule has 0 saturated carbocycles. The summed E-state index contributed by atoms with van der Waals surface area (Å²) in [4.78, 5) is 8.94. The van der Waals surface area contributed by atoms with Crippen molar-refractivity contribution < 1.29 is 4.74 Å². The van der Waals surface area contributed by atoms with Gasteiger partial charge in [0.15, 0.2) is 5.96 Å². The van der Waals surface area contributed by atoms with E-state index in [0.29, 0.717) is 19.0 Å². The number of halogens is 1. The molecule has 0 aliphatic rings. The highest BCUT2D eigenvalue weighted by Gasteiger charge is 2.04. The zero-order valence-electron chi connectivity index (χ0n) is 15.0. The van der Waals surface area contributed by atoms with Crippen LogP contribution in [0.4, 0.5) is 0 Å². The molecule has 1 heterocycles. The van der Waals surface area contributed by atoms with Crippen LogP contribution >= 0.6 is 35.7 Å². The van der Waals surface area contributed by atoms with Crippen molar-refractivity contribution in [3.8, 4) is 5.88 Å². The molecule has 24 heavy (non-hydrogen) atoms. The van der Waals surface area contributed by atoms with Gasteiger partial charge in [-0.15, -0.1) is 24.0 Å². The molecule has 0 aliphatic heterocycles. The second-order valence-electron chi connectivity index (χ2n) is 5.14. The van der Waals surface area contributed by atoms with Gasteiger partial charge in [0.05, 0.1) is 13.2 Å². The molecule has 0 fully saturated rings. The predicted octanol–water partition coefficient (Wildman–Crippen LogP) is 3.69. The molecular formula is C17H31IN4OS. The van der Waals surface area contributed by atoms with Gasteiger partial charge in [-0.25, -0.2) is 9.98 Å². The van der Waals surface area contributed by atoms with Gasteiger partial charge >= 0.3 is 0 Å². The zero-order chi connectivity index (χ0) is 16.8. The van der Waals surface area contributed by atoms with Crippen LogP contribution in [0.5, 0.6) is 5.88 Å². The van der Waals surface area contributed by atoms with Gasteiger partial charge in [-0.05, 0) is 44.3 Å². The van der Waals surface area contributed by atoms with E-state index in [1.807, 2.05) is 23.9 Å². The molecule has 0 bridgehead atoms. The SMILES string of the molecule is CCCOc1ncccc1CN=C(NCC)NCCCCSC.I. The van der Waals surface area contributed by atoms with Crippen molar-refractivity contribution >= 4 is 41.7 Å². The summed E-state index contributed by atoms with van der Waals surface area (Å²) in [7, 11) is 0. The third kappa shape index (κ3) is 10.2. The molecule has 0 atom stereocenters. The average Bonchev–Trinajstić information content (AvgIpc) is 2.58. The van der Waals surface area contributed by atoms with Crippen molar-refractivity contribution in [3.63, 3.8) is 0 Å². The lowest BCUT2D eigenvalue weighted by Crippen LogP contribution is -2.37. The first kappa shape index (κ1) is 23.3. The van der Waals surface area contributed by atoms with E-state index in [4.69, 9.17) is 4.74 Å². The summed E-state index contributed by atoms with van der Waals surface area (Å²) in [5, 5.41) is 6.66. The monoisotopic (exact) mass is 466 g/mol. The van der Waals surface area contributed by atoms with Crippen LogP contribution in [0.25, 0.3) is 0 Å². The Morgan fingerprint density at radius 3 is 2.83 bits per heavy atom. The number of rotatable bonds is 11. The number of nitrogens with zero attached hydrogens (tertiary/aromatic N) is 2. The smallest absolute Gasteiger partial charge is 0.218 e. The van der Waals surface area contributed by atoms with E-state index in [2.05, 4.69) is 40.7 Å². The highest BCUT2D eigenvalue weighted by atomic mass is 127. The first-order valence-electron chi connectivity index (χ1n) is 8.39. The Morgan fingerprint density at radius 2 is 2.12 bits per heavy atom. The Hall–Kier alpha value is -0.700. The Balaban J connectivity index is 0.00000529. The summed E-state index contributed by atoms with van der Waals surface area (Å²) in [5.74, 6) is 2.75. The van der Waals surface area contributed by atoms with Crippen molar-refractivity contribution in [1.29, 1.82) is 0 Å². The van der Waals surface area contributed by atoms with Crippen LogP contribution in [-0.4, -0.2) is 42.6 Å². The molecule has 0 unspecified atom stereocenters. The van der Waals surface area contributed by atoms with Crippen LogP contribution in [0.15, 0.2) is 23.3 Å². The molecule has 1 aromatic heterocycles. The summed E-state index contributed by atoms with van der Waals surface area (Å²) >= 11 is 1.89. The molecule has 0 amide bonds. The van der Waals surface area contributed by atoms with Crippen molar-refractivity contribution in [2.75, 3.05) is 31.7 Å². The van der Waals surface area contributed by atoms with Crippen molar-refractivity contribution in [2.24, 2.45) is 4.99 Å². The van der Waals surface area contributed by atoms with Gasteiger partial charge in [-0.1, -0.05) is 13.0 Å². The van der Waals surface area contributed by atoms with E-state index >= 15 is 0 Å². The Labute approximate surface area is 167 Å². The van der Waals surface area contributed by atoms with E-state index in [-0.39, 0.29) is 24.0 Å². The number of ether oxygens (including phenoxy) is 1. The van der Waals surface area contributed by atoms with Crippen LogP contribution in [-0.2, 0) is 6.54 Å². The number of aliphatic imine (C=N–C) groups is 1. The van der Waals surface area contributed by atoms with Crippen LogP contribution in [0.3, 0.4) is 0 Å². The summed E-state index contributed by atoms with van der Waals surface area (Å²) in [6.07, 6.45) is 7.26. The van der Waals surface area contributed by atoms with E-state index in [9.17, 15) is 0 Å². The largest absolute Gasteiger partial charge is 0.477 e. The van der Waals surface area contributed by atoms with Gasteiger partial charge in [-0.2, -0.15) is 11.8 Å². The molecule has 0 aromatic carbocycles. The summed E-state index contributed by atoms with van der Waals surface area (Å²) in [6, 6.07) is 3.94. The second kappa shape index (κ2) is 15.8. The van der Waals surface area contributed by atoms with Gasteiger partial charge in [0, 0.05) is 24.8 Å². The third-order valence-electron chi connectivity index (χ3n) is 3.11. The van der Waals surface area contributed by atoms with Gasteiger partial charge in [0.1, 0.15) is 0 Å². The highest BCUT2D eigenvalue weighted by Crippen LogP contribution is 2.15. The Kier molecular flexibility index (Phi) is 15.3. The number of pyridine rings is 1. The Bertz CT molecular complexity index is 460. The fourth-order valence-corrected chi connectivity index (χ4v) is 2.45. The minimum Gasteiger partial charge on any atom is -0.477 e. The van der Waals surface area contributed by atoms with Crippen LogP contribution < -0.4 is 15.4 Å². The maximum Gasteiger partial charge on any atom is 0.218 e. The number of hydrogen-bond acceptors (Lipinski definition) is 4. The topological polar surface area (TPSA) is 58.5 Å². The lowest BCUT2D eigenvalue weighted by atomic mass is 10.3. The van der Waals surface area contributed by atoms with E-state index < -0.39 is 0 Å². The lowest BCUT2D eigenvalue weighted by molar-refractivity contribution is 0.302. The van der Waals surface area contributed by atoms with E-state index in [0.717, 1.165) is 37.5 Å². The standard InChI is InChI=1S/C17H30N4OS.HI/c1-4-12-22-16-15(9-8-11-19-16)14-21-17(18-5-2)20-10-6-7-13-23-3;/h8-9,11H,4-7,10,12-14H2,1-3H3,(H2,18,20,21);1H. The molecule has 0 spiro atoms. The van der Waals surface area contributed by atoms with Crippen LogP contribution in [0.1, 0.15) is 38.7 Å². The van der Waals surface area contributed by atoms with Crippen molar-refractivity contribution in [2.45, 2.75) is 39.7 Å². The third-order valence-corrected chi connectivity index (χ3v) is 3.81. The lowest BCUT2D eigenvalue weighted by Gasteiger charge is -2.12. The highest BCUT2D eigenvalue weighted by molar-refractivity contribution is 14.0. The fraction of sp³-hybridized carbons (Fsp3) is 0.647. The van der Waals surface area contributed by atoms with Crippen LogP contribution in [0, 0.1) is 0 Å². The molecule has 7 heteroatoms. The molecule has 0 saturated heterocycles. The summed E-state index contributed by atoms with van der Waals surface area (Å²) in [6.45, 7) is 7.20. The maximum atomic E-state index is 5.68. The average molecular weight is 466 g/mol. The quantitative estimate of drug-likeness (QED) is 0.226. The Morgan fingerprint density at radius 1 is 1.29 bits per heavy atom. The number of unbranched alkanes of at least 4 members (excludes halogenated alkanes) is 1. The van der Waals surface area contributed by atoms with Gasteiger partial charge < -0.3 is 15.4 Å². The molecule has 1 rings (SSSR count). The number of guanidine groups is 1. The molecular weight excluding hydrogens is 435 g/mol. The minimum absolute atomic E-state index is 0. The molecule has 1 aromatic rings. The second-order valence-corrected chi connectivity index (χ2v) is 6.12. The van der Waals surface area contributed by atoms with Gasteiger partial charge in [-0.3, -0.25) is 0 Å². The number of thioether (sulfide) groups is 1. The summed E-state index contributed by atoms with van der Waals surface area (Å²) in [5.41, 5.74) is 1.01. The van der Waals surface area contributed by atoms with Crippen molar-refractivity contribution in [3.05, 3.63) is 23.9 Å². The van der Waals surface area contributed by atoms with E-state index in [1.54, 1.807) is 6.20 Å². The van der Waals surface area contributed by atoms with Crippen LogP contribution in [0.2, 0.25) is 0 Å². The first-order valence-corrected chi connectivity index (χ1v) is 9.79. The molecule has 0 aliphatic carbocycles. The molecule has 5 nitrogen and oxygen atoms in total. The number of hydrogen-bond donors (Lipinski definition) is 2. The minimum atomic E-state index is 0. The maximum absolute atomic E-state index is 5.68. The fourth-order valence-electron chi connectivity index (χ4n) is 1.96. The molecule has 0 radical (unpaired) electrons. The predicted molar refractivity (Wildman–Crippen MR) is 116 cm³/mol. The first-order chi connectivity index (χ1) is 11.3. The van der Waals surface area contributed by atoms with E-state index in [1.165, 1.54) is 12.2 Å². The molecule has 2 N–H and O–H groups in total. The van der Waals surface area contributed by atoms with Gasteiger partial charge in [0.2, 0.25) is 5.88 Å². The number of aromatic nitrogens is 1. The van der Waals surface area contributed by atoms with Gasteiger partial charge in [0.25, 0.3) is 0 Å². The van der Waals surface area contributed by atoms with Crippen molar-refractivity contribution in [1.82, 2.24) is 15.6 Å². The normalized spacial score (nSPS) is 10.9. The molecule has 138 valence electrons. The number of nitrogens with one attached hydrogen (secondary N) is 2. The zero-order valence-corrected chi connectivity index (χ0v) is 18.2.